The Morgan fingerprint density at radius 2 is 1.81 bits per heavy atom. The van der Waals surface area contributed by atoms with Gasteiger partial charge in [-0.25, -0.2) is 0 Å². The first-order valence-electron chi connectivity index (χ1n) is 7.14. The standard InChI is InChI=1S/C14H30N2/c1-12(2)5-3-4-10-16-11-13-6-8-14(15)9-7-13/h12-14,16H,3-11,15H2,1-2H3. The van der Waals surface area contributed by atoms with E-state index >= 15 is 0 Å². The molecule has 1 saturated carbocycles. The predicted molar refractivity (Wildman–Crippen MR) is 71.5 cm³/mol. The van der Waals surface area contributed by atoms with Crippen LogP contribution in [0.5, 0.6) is 0 Å². The molecule has 3 N–H and O–H groups in total. The van der Waals surface area contributed by atoms with Crippen LogP contribution in [0.3, 0.4) is 0 Å². The summed E-state index contributed by atoms with van der Waals surface area (Å²) in [7, 11) is 0. The Hall–Kier alpha value is -0.0800. The van der Waals surface area contributed by atoms with E-state index in [1.54, 1.807) is 0 Å². The van der Waals surface area contributed by atoms with Crippen molar-refractivity contribution in [2.75, 3.05) is 13.1 Å². The highest BCUT2D eigenvalue weighted by Crippen LogP contribution is 2.22. The smallest absolute Gasteiger partial charge is 0.00390 e. The number of nitrogens with one attached hydrogen (secondary N) is 1. The highest BCUT2D eigenvalue weighted by molar-refractivity contribution is 4.75. The lowest BCUT2D eigenvalue weighted by molar-refractivity contribution is 0.314. The van der Waals surface area contributed by atoms with E-state index in [1.165, 1.54) is 58.0 Å². The molecule has 1 aliphatic rings. The van der Waals surface area contributed by atoms with Crippen molar-refractivity contribution in [1.29, 1.82) is 0 Å². The molecule has 2 heteroatoms. The molecule has 96 valence electrons. The van der Waals surface area contributed by atoms with Crippen LogP contribution in [0.4, 0.5) is 0 Å². The molecule has 0 heterocycles. The Balaban J connectivity index is 1.87. The van der Waals surface area contributed by atoms with Gasteiger partial charge >= 0.3 is 0 Å². The molecule has 2 nitrogen and oxygen atoms in total. The van der Waals surface area contributed by atoms with Crippen molar-refractivity contribution in [1.82, 2.24) is 5.32 Å². The van der Waals surface area contributed by atoms with Gasteiger partial charge < -0.3 is 11.1 Å². The van der Waals surface area contributed by atoms with Gasteiger partial charge in [0.1, 0.15) is 0 Å². The first kappa shape index (κ1) is 14.0. The summed E-state index contributed by atoms with van der Waals surface area (Å²) in [5.74, 6) is 1.75. The molecule has 1 rings (SSSR count). The second-order valence-corrected chi connectivity index (χ2v) is 5.87. The molecule has 0 amide bonds. The first-order valence-corrected chi connectivity index (χ1v) is 7.14. The summed E-state index contributed by atoms with van der Waals surface area (Å²) in [5, 5.41) is 3.60. The minimum atomic E-state index is 0.488. The van der Waals surface area contributed by atoms with Crippen molar-refractivity contribution in [2.24, 2.45) is 17.6 Å². The van der Waals surface area contributed by atoms with E-state index in [1.807, 2.05) is 0 Å². The molecule has 0 radical (unpaired) electrons. The fraction of sp³-hybridized carbons (Fsp3) is 1.00. The molecule has 16 heavy (non-hydrogen) atoms. The van der Waals surface area contributed by atoms with Crippen molar-refractivity contribution < 1.29 is 0 Å². The van der Waals surface area contributed by atoms with E-state index in [2.05, 4.69) is 19.2 Å². The van der Waals surface area contributed by atoms with Gasteiger partial charge in [-0.1, -0.05) is 26.7 Å². The summed E-state index contributed by atoms with van der Waals surface area (Å²) in [6.07, 6.45) is 9.23. The van der Waals surface area contributed by atoms with Gasteiger partial charge in [0.15, 0.2) is 0 Å². The maximum atomic E-state index is 5.90. The van der Waals surface area contributed by atoms with Gasteiger partial charge in [-0.2, -0.15) is 0 Å². The Labute approximate surface area is 101 Å². The van der Waals surface area contributed by atoms with E-state index in [0.29, 0.717) is 6.04 Å². The van der Waals surface area contributed by atoms with Crippen molar-refractivity contribution in [3.8, 4) is 0 Å². The lowest BCUT2D eigenvalue weighted by atomic mass is 9.86. The zero-order valence-corrected chi connectivity index (χ0v) is 11.2. The lowest BCUT2D eigenvalue weighted by Crippen LogP contribution is -2.32. The van der Waals surface area contributed by atoms with E-state index in [9.17, 15) is 0 Å². The Morgan fingerprint density at radius 1 is 1.12 bits per heavy atom. The van der Waals surface area contributed by atoms with Crippen LogP contribution in [0.25, 0.3) is 0 Å². The Morgan fingerprint density at radius 3 is 2.44 bits per heavy atom. The number of nitrogens with two attached hydrogens (primary N) is 1. The summed E-state index contributed by atoms with van der Waals surface area (Å²) in [6, 6.07) is 0.488. The van der Waals surface area contributed by atoms with Crippen molar-refractivity contribution in [3.05, 3.63) is 0 Å². The number of hydrogen-bond donors (Lipinski definition) is 2. The third kappa shape index (κ3) is 6.49. The highest BCUT2D eigenvalue weighted by Gasteiger charge is 2.17. The largest absolute Gasteiger partial charge is 0.328 e. The zero-order chi connectivity index (χ0) is 11.8. The summed E-state index contributed by atoms with van der Waals surface area (Å²) in [4.78, 5) is 0. The van der Waals surface area contributed by atoms with Gasteiger partial charge in [-0.3, -0.25) is 0 Å². The van der Waals surface area contributed by atoms with E-state index in [-0.39, 0.29) is 0 Å². The van der Waals surface area contributed by atoms with Gasteiger partial charge in [0.25, 0.3) is 0 Å². The Bertz CT molecular complexity index is 160. The van der Waals surface area contributed by atoms with E-state index < -0.39 is 0 Å². The van der Waals surface area contributed by atoms with Gasteiger partial charge in [-0.15, -0.1) is 0 Å². The third-order valence-corrected chi connectivity index (χ3v) is 3.71. The average Bonchev–Trinajstić information content (AvgIpc) is 2.25. The van der Waals surface area contributed by atoms with Crippen molar-refractivity contribution in [2.45, 2.75) is 64.8 Å². The molecule has 0 saturated heterocycles. The van der Waals surface area contributed by atoms with Crippen LogP contribution in [0.1, 0.15) is 58.8 Å². The van der Waals surface area contributed by atoms with Crippen LogP contribution in [0, 0.1) is 11.8 Å². The van der Waals surface area contributed by atoms with E-state index in [4.69, 9.17) is 5.73 Å². The first-order chi connectivity index (χ1) is 7.68. The summed E-state index contributed by atoms with van der Waals surface area (Å²) >= 11 is 0. The van der Waals surface area contributed by atoms with Crippen molar-refractivity contribution >= 4 is 0 Å². The normalized spacial score (nSPS) is 26.2. The summed E-state index contributed by atoms with van der Waals surface area (Å²) in [6.45, 7) is 7.03. The van der Waals surface area contributed by atoms with Crippen LogP contribution in [-0.4, -0.2) is 19.1 Å². The zero-order valence-electron chi connectivity index (χ0n) is 11.2. The summed E-state index contributed by atoms with van der Waals surface area (Å²) < 4.78 is 0. The molecular weight excluding hydrogens is 196 g/mol. The molecule has 1 fully saturated rings. The van der Waals surface area contributed by atoms with Gasteiger partial charge in [0.05, 0.1) is 0 Å². The number of hydrogen-bond acceptors (Lipinski definition) is 2. The molecule has 0 spiro atoms. The van der Waals surface area contributed by atoms with E-state index in [0.717, 1.165) is 11.8 Å². The molecule has 0 aromatic rings. The average molecular weight is 226 g/mol. The number of unbranched alkanes of at least 4 members (excludes halogenated alkanes) is 1. The molecular formula is C14H30N2. The van der Waals surface area contributed by atoms with Crippen LogP contribution < -0.4 is 11.1 Å². The van der Waals surface area contributed by atoms with Crippen LogP contribution in [-0.2, 0) is 0 Å². The molecule has 0 aliphatic heterocycles. The van der Waals surface area contributed by atoms with Gasteiger partial charge in [-0.05, 0) is 57.0 Å². The minimum absolute atomic E-state index is 0.488. The fourth-order valence-corrected chi connectivity index (χ4v) is 2.50. The molecule has 0 unspecified atom stereocenters. The fourth-order valence-electron chi connectivity index (χ4n) is 2.50. The second kappa shape index (κ2) is 8.08. The number of rotatable bonds is 7. The summed E-state index contributed by atoms with van der Waals surface area (Å²) in [5.41, 5.74) is 5.90. The topological polar surface area (TPSA) is 38.0 Å². The predicted octanol–water partition coefficient (Wildman–Crippen LogP) is 2.92. The minimum Gasteiger partial charge on any atom is -0.328 e. The van der Waals surface area contributed by atoms with Gasteiger partial charge in [0.2, 0.25) is 0 Å². The Kier molecular flexibility index (Phi) is 7.06. The molecule has 1 aliphatic carbocycles. The monoisotopic (exact) mass is 226 g/mol. The SMILES string of the molecule is CC(C)CCCCNCC1CCC(N)CC1. The van der Waals surface area contributed by atoms with Crippen LogP contribution >= 0.6 is 0 Å². The lowest BCUT2D eigenvalue weighted by Gasteiger charge is -2.26. The highest BCUT2D eigenvalue weighted by atomic mass is 14.9. The molecule has 0 bridgehead atoms. The van der Waals surface area contributed by atoms with Crippen LogP contribution in [0.2, 0.25) is 0 Å². The third-order valence-electron chi connectivity index (χ3n) is 3.71. The quantitative estimate of drug-likeness (QED) is 0.655. The molecule has 0 atom stereocenters. The van der Waals surface area contributed by atoms with Gasteiger partial charge in [0, 0.05) is 6.04 Å². The molecule has 0 aromatic carbocycles. The second-order valence-electron chi connectivity index (χ2n) is 5.87. The molecule has 0 aromatic heterocycles. The van der Waals surface area contributed by atoms with Crippen LogP contribution in [0.15, 0.2) is 0 Å². The maximum absolute atomic E-state index is 5.90. The maximum Gasteiger partial charge on any atom is 0.00390 e. The van der Waals surface area contributed by atoms with Crippen molar-refractivity contribution in [3.63, 3.8) is 0 Å².